The highest BCUT2D eigenvalue weighted by molar-refractivity contribution is 5.93. The maximum atomic E-state index is 12.7. The molecule has 1 aromatic rings. The highest BCUT2D eigenvalue weighted by Crippen LogP contribution is 2.33. The van der Waals surface area contributed by atoms with E-state index in [4.69, 9.17) is 0 Å². The molecule has 0 radical (unpaired) electrons. The van der Waals surface area contributed by atoms with Crippen LogP contribution in [0.15, 0.2) is 24.3 Å². The van der Waals surface area contributed by atoms with Gasteiger partial charge in [-0.25, -0.2) is 0 Å². The second-order valence-electron chi connectivity index (χ2n) is 6.66. The molecule has 2 unspecified atom stereocenters. The topological polar surface area (TPSA) is 32.3 Å². The quantitative estimate of drug-likeness (QED) is 0.921. The van der Waals surface area contributed by atoms with Gasteiger partial charge in [0.25, 0.3) is 0 Å². The number of fused-ring (bicyclic) bond motifs is 2. The summed E-state index contributed by atoms with van der Waals surface area (Å²) in [4.78, 5) is 14.6. The summed E-state index contributed by atoms with van der Waals surface area (Å²) in [6.07, 6.45) is 5.65. The van der Waals surface area contributed by atoms with Crippen LogP contribution in [0.25, 0.3) is 0 Å². The fraction of sp³-hybridized carbons (Fsp3) is 0.611. The van der Waals surface area contributed by atoms with Gasteiger partial charge in [0.15, 0.2) is 0 Å². The van der Waals surface area contributed by atoms with Gasteiger partial charge in [0.2, 0.25) is 5.91 Å². The van der Waals surface area contributed by atoms with Gasteiger partial charge in [-0.2, -0.15) is 0 Å². The van der Waals surface area contributed by atoms with E-state index < -0.39 is 0 Å². The Morgan fingerprint density at radius 3 is 2.62 bits per heavy atom. The van der Waals surface area contributed by atoms with Crippen LogP contribution in [0.4, 0.5) is 5.69 Å². The molecule has 0 aromatic heterocycles. The lowest BCUT2D eigenvalue weighted by Crippen LogP contribution is -2.40. The van der Waals surface area contributed by atoms with Crippen molar-refractivity contribution in [2.24, 2.45) is 5.92 Å². The minimum atomic E-state index is 0.286. The molecule has 3 nitrogen and oxygen atoms in total. The summed E-state index contributed by atoms with van der Waals surface area (Å²) in [5.41, 5.74) is 2.25. The molecule has 1 aromatic carbocycles. The first-order chi connectivity index (χ1) is 10.2. The van der Waals surface area contributed by atoms with Crippen molar-refractivity contribution in [1.29, 1.82) is 0 Å². The van der Waals surface area contributed by atoms with Crippen LogP contribution in [0.1, 0.15) is 44.6 Å². The summed E-state index contributed by atoms with van der Waals surface area (Å²) in [6.45, 7) is 4.89. The number of anilines is 1. The third-order valence-electron chi connectivity index (χ3n) is 4.96. The van der Waals surface area contributed by atoms with Crippen LogP contribution in [0.5, 0.6) is 0 Å². The average Bonchev–Trinajstić information content (AvgIpc) is 2.79. The van der Waals surface area contributed by atoms with Crippen LogP contribution >= 0.6 is 0 Å². The molecule has 3 rings (SSSR count). The van der Waals surface area contributed by atoms with E-state index in [9.17, 15) is 4.79 Å². The number of carbonyl (C=O) groups is 1. The number of piperidine rings is 1. The van der Waals surface area contributed by atoms with Crippen LogP contribution in [-0.2, 0) is 4.79 Å². The zero-order valence-corrected chi connectivity index (χ0v) is 13.1. The molecule has 114 valence electrons. The Bertz CT molecular complexity index is 502. The van der Waals surface area contributed by atoms with Gasteiger partial charge in [-0.1, -0.05) is 12.1 Å². The van der Waals surface area contributed by atoms with Gasteiger partial charge in [0.05, 0.1) is 0 Å². The number of rotatable bonds is 4. The van der Waals surface area contributed by atoms with Crippen LogP contribution in [0.3, 0.4) is 0 Å². The molecule has 3 heteroatoms. The van der Waals surface area contributed by atoms with Crippen molar-refractivity contribution >= 4 is 11.6 Å². The molecule has 1 N–H and O–H groups in total. The van der Waals surface area contributed by atoms with Crippen LogP contribution in [0.2, 0.25) is 0 Å². The molecular weight excluding hydrogens is 260 g/mol. The van der Waals surface area contributed by atoms with Gasteiger partial charge in [-0.15, -0.1) is 0 Å². The molecule has 2 heterocycles. The van der Waals surface area contributed by atoms with Gasteiger partial charge in [-0.05, 0) is 63.1 Å². The van der Waals surface area contributed by atoms with Crippen molar-refractivity contribution in [2.45, 2.75) is 58.0 Å². The molecule has 2 saturated heterocycles. The van der Waals surface area contributed by atoms with Crippen molar-refractivity contribution in [1.82, 2.24) is 5.32 Å². The molecule has 0 spiro atoms. The van der Waals surface area contributed by atoms with E-state index >= 15 is 0 Å². The molecule has 2 aliphatic heterocycles. The largest absolute Gasteiger partial charge is 0.313 e. The molecule has 2 fully saturated rings. The number of carbonyl (C=O) groups excluding carboxylic acids is 1. The lowest BCUT2D eigenvalue weighted by atomic mass is 9.89. The standard InChI is InChI=1S/C18H26N2O/c1-3-20(17-6-4-5-13(2)9-17)18(21)12-14-10-15-7-8-16(11-14)19-15/h4-6,9,14-16,19H,3,7-8,10-12H2,1-2H3. The normalized spacial score (nSPS) is 27.6. The molecule has 2 atom stereocenters. The first-order valence-electron chi connectivity index (χ1n) is 8.28. The molecule has 21 heavy (non-hydrogen) atoms. The van der Waals surface area contributed by atoms with E-state index in [0.29, 0.717) is 24.4 Å². The molecule has 1 amide bonds. The predicted molar refractivity (Wildman–Crippen MR) is 86.5 cm³/mol. The van der Waals surface area contributed by atoms with Crippen molar-refractivity contribution in [3.8, 4) is 0 Å². The lowest BCUT2D eigenvalue weighted by Gasteiger charge is -2.30. The maximum Gasteiger partial charge on any atom is 0.227 e. The minimum absolute atomic E-state index is 0.286. The molecule has 0 saturated carbocycles. The smallest absolute Gasteiger partial charge is 0.227 e. The number of hydrogen-bond donors (Lipinski definition) is 1. The summed E-state index contributed by atoms with van der Waals surface area (Å²) in [6, 6.07) is 9.58. The Morgan fingerprint density at radius 1 is 1.29 bits per heavy atom. The highest BCUT2D eigenvalue weighted by atomic mass is 16.2. The third kappa shape index (κ3) is 3.29. The number of nitrogens with one attached hydrogen (secondary N) is 1. The first-order valence-corrected chi connectivity index (χ1v) is 8.28. The first kappa shape index (κ1) is 14.6. The second-order valence-corrected chi connectivity index (χ2v) is 6.66. The Morgan fingerprint density at radius 2 is 2.00 bits per heavy atom. The van der Waals surface area contributed by atoms with Gasteiger partial charge < -0.3 is 10.2 Å². The van der Waals surface area contributed by atoms with Crippen LogP contribution in [0, 0.1) is 12.8 Å². The number of hydrogen-bond acceptors (Lipinski definition) is 2. The van der Waals surface area contributed by atoms with E-state index in [1.807, 2.05) is 17.0 Å². The van der Waals surface area contributed by atoms with E-state index in [1.54, 1.807) is 0 Å². The van der Waals surface area contributed by atoms with E-state index in [0.717, 1.165) is 12.2 Å². The van der Waals surface area contributed by atoms with Gasteiger partial charge in [-0.3, -0.25) is 4.79 Å². The van der Waals surface area contributed by atoms with Crippen molar-refractivity contribution in [3.05, 3.63) is 29.8 Å². The Balaban J connectivity index is 1.65. The van der Waals surface area contributed by atoms with E-state index in [2.05, 4.69) is 31.3 Å². The van der Waals surface area contributed by atoms with Crippen molar-refractivity contribution in [2.75, 3.05) is 11.4 Å². The SMILES string of the molecule is CCN(C(=O)CC1CC2CCC(C1)N2)c1cccc(C)c1. The van der Waals surface area contributed by atoms with Crippen LogP contribution in [-0.4, -0.2) is 24.5 Å². The van der Waals surface area contributed by atoms with Gasteiger partial charge in [0.1, 0.15) is 0 Å². The Hall–Kier alpha value is -1.35. The summed E-state index contributed by atoms with van der Waals surface area (Å²) in [5, 5.41) is 3.65. The summed E-state index contributed by atoms with van der Waals surface area (Å²) in [5.74, 6) is 0.851. The Labute approximate surface area is 127 Å². The maximum absolute atomic E-state index is 12.7. The fourth-order valence-electron chi connectivity index (χ4n) is 4.00. The minimum Gasteiger partial charge on any atom is -0.313 e. The molecule has 0 aliphatic carbocycles. The zero-order valence-electron chi connectivity index (χ0n) is 13.1. The van der Waals surface area contributed by atoms with Crippen molar-refractivity contribution in [3.63, 3.8) is 0 Å². The third-order valence-corrected chi connectivity index (χ3v) is 4.96. The van der Waals surface area contributed by atoms with E-state index in [1.165, 1.54) is 31.2 Å². The molecule has 2 bridgehead atoms. The number of aryl methyl sites for hydroxylation is 1. The molecular formula is C18H26N2O. The number of benzene rings is 1. The van der Waals surface area contributed by atoms with Crippen molar-refractivity contribution < 1.29 is 4.79 Å². The number of amides is 1. The molecule has 2 aliphatic rings. The van der Waals surface area contributed by atoms with E-state index in [-0.39, 0.29) is 5.91 Å². The monoisotopic (exact) mass is 286 g/mol. The summed E-state index contributed by atoms with van der Waals surface area (Å²) >= 11 is 0. The van der Waals surface area contributed by atoms with Gasteiger partial charge >= 0.3 is 0 Å². The fourth-order valence-corrected chi connectivity index (χ4v) is 4.00. The van der Waals surface area contributed by atoms with Crippen LogP contribution < -0.4 is 10.2 Å². The predicted octanol–water partition coefficient (Wildman–Crippen LogP) is 3.27. The number of nitrogens with zero attached hydrogens (tertiary/aromatic N) is 1. The summed E-state index contributed by atoms with van der Waals surface area (Å²) < 4.78 is 0. The highest BCUT2D eigenvalue weighted by Gasteiger charge is 2.34. The lowest BCUT2D eigenvalue weighted by molar-refractivity contribution is -0.119. The Kier molecular flexibility index (Phi) is 4.29. The average molecular weight is 286 g/mol. The second kappa shape index (κ2) is 6.18. The summed E-state index contributed by atoms with van der Waals surface area (Å²) in [7, 11) is 0. The zero-order chi connectivity index (χ0) is 14.8. The van der Waals surface area contributed by atoms with Gasteiger partial charge in [0, 0.05) is 30.7 Å².